The molecule has 25 heavy (non-hydrogen) atoms. The number of amides is 3. The molecule has 0 bridgehead atoms. The third-order valence-electron chi connectivity index (χ3n) is 3.98. The molecule has 1 aromatic carbocycles. The Morgan fingerprint density at radius 3 is 2.08 bits per heavy atom. The number of hydrogen-bond acceptors (Lipinski definition) is 3. The molecule has 3 amide bonds. The van der Waals surface area contributed by atoms with Crippen molar-refractivity contribution in [3.05, 3.63) is 29.8 Å². The summed E-state index contributed by atoms with van der Waals surface area (Å²) in [6.45, 7) is 10.6. The van der Waals surface area contributed by atoms with Gasteiger partial charge in [0.05, 0.1) is 6.42 Å². The van der Waals surface area contributed by atoms with Crippen molar-refractivity contribution < 1.29 is 9.59 Å². The number of nitrogens with one attached hydrogen (secondary N) is 1. The molecule has 6 heteroatoms. The van der Waals surface area contributed by atoms with Crippen LogP contribution in [-0.4, -0.2) is 59.2 Å². The number of urea groups is 1. The van der Waals surface area contributed by atoms with Gasteiger partial charge in [-0.25, -0.2) is 4.79 Å². The first-order valence-electron chi connectivity index (χ1n) is 8.94. The van der Waals surface area contributed by atoms with Crippen molar-refractivity contribution in [2.45, 2.75) is 50.3 Å². The lowest BCUT2D eigenvalue weighted by Crippen LogP contribution is -2.54. The van der Waals surface area contributed by atoms with Gasteiger partial charge in [-0.15, -0.1) is 11.8 Å². The van der Waals surface area contributed by atoms with E-state index in [2.05, 4.69) is 31.3 Å². The maximum atomic E-state index is 12.5. The summed E-state index contributed by atoms with van der Waals surface area (Å²) in [5.41, 5.74) is 1.04. The van der Waals surface area contributed by atoms with Gasteiger partial charge in [0, 0.05) is 42.4 Å². The smallest absolute Gasteiger partial charge is 0.317 e. The van der Waals surface area contributed by atoms with Crippen LogP contribution in [-0.2, 0) is 11.2 Å². The molecular formula is C19H29N3O2S. The van der Waals surface area contributed by atoms with Crippen LogP contribution in [0.3, 0.4) is 0 Å². The Morgan fingerprint density at radius 1 is 1.00 bits per heavy atom. The summed E-state index contributed by atoms with van der Waals surface area (Å²) < 4.78 is 0. The molecule has 1 saturated heterocycles. The van der Waals surface area contributed by atoms with Crippen LogP contribution in [0.2, 0.25) is 0 Å². The number of nitrogens with zero attached hydrogens (tertiary/aromatic N) is 2. The topological polar surface area (TPSA) is 52.7 Å². The highest BCUT2D eigenvalue weighted by atomic mass is 32.2. The van der Waals surface area contributed by atoms with Crippen molar-refractivity contribution in [3.8, 4) is 0 Å². The summed E-state index contributed by atoms with van der Waals surface area (Å²) in [6, 6.07) is 8.33. The monoisotopic (exact) mass is 363 g/mol. The minimum Gasteiger partial charge on any atom is -0.339 e. The molecule has 138 valence electrons. The summed E-state index contributed by atoms with van der Waals surface area (Å²) in [6.07, 6.45) is 0.421. The fourth-order valence-electron chi connectivity index (χ4n) is 2.74. The van der Waals surface area contributed by atoms with Gasteiger partial charge in [-0.1, -0.05) is 26.0 Å². The van der Waals surface area contributed by atoms with Crippen molar-refractivity contribution in [1.82, 2.24) is 15.1 Å². The molecule has 0 saturated carbocycles. The van der Waals surface area contributed by atoms with Gasteiger partial charge in [0.2, 0.25) is 5.91 Å². The molecule has 1 N–H and O–H groups in total. The lowest BCUT2D eigenvalue weighted by atomic mass is 10.1. The van der Waals surface area contributed by atoms with Crippen LogP contribution in [0.25, 0.3) is 0 Å². The molecule has 1 fully saturated rings. The molecular weight excluding hydrogens is 334 g/mol. The van der Waals surface area contributed by atoms with Gasteiger partial charge in [-0.05, 0) is 31.5 Å². The third kappa shape index (κ3) is 6.27. The normalized spacial score (nSPS) is 15.0. The molecule has 5 nitrogen and oxygen atoms in total. The summed E-state index contributed by atoms with van der Waals surface area (Å²) in [5, 5.41) is 3.45. The fraction of sp³-hybridized carbons (Fsp3) is 0.579. The highest BCUT2D eigenvalue weighted by Gasteiger charge is 2.24. The maximum absolute atomic E-state index is 12.5. The van der Waals surface area contributed by atoms with Crippen molar-refractivity contribution in [2.24, 2.45) is 0 Å². The van der Waals surface area contributed by atoms with Crippen LogP contribution in [0.1, 0.15) is 33.3 Å². The fourth-order valence-corrected chi connectivity index (χ4v) is 3.58. The van der Waals surface area contributed by atoms with Gasteiger partial charge in [0.15, 0.2) is 0 Å². The number of rotatable bonds is 5. The average molecular weight is 364 g/mol. The van der Waals surface area contributed by atoms with Crippen molar-refractivity contribution in [3.63, 3.8) is 0 Å². The second kappa shape index (κ2) is 9.13. The van der Waals surface area contributed by atoms with Crippen LogP contribution in [0.15, 0.2) is 29.2 Å². The van der Waals surface area contributed by atoms with E-state index >= 15 is 0 Å². The second-order valence-electron chi connectivity index (χ2n) is 6.96. The average Bonchev–Trinajstić information content (AvgIpc) is 2.55. The molecule has 0 unspecified atom stereocenters. The quantitative estimate of drug-likeness (QED) is 0.818. The first-order chi connectivity index (χ1) is 11.8. The van der Waals surface area contributed by atoms with E-state index in [0.717, 1.165) is 5.56 Å². The van der Waals surface area contributed by atoms with E-state index in [1.165, 1.54) is 4.90 Å². The zero-order chi connectivity index (χ0) is 18.4. The Kier molecular flexibility index (Phi) is 7.17. The van der Waals surface area contributed by atoms with Crippen molar-refractivity contribution in [2.75, 3.05) is 26.2 Å². The highest BCUT2D eigenvalue weighted by molar-refractivity contribution is 7.99. The van der Waals surface area contributed by atoms with E-state index in [1.807, 2.05) is 42.6 Å². The number of hydrogen-bond donors (Lipinski definition) is 1. The summed E-state index contributed by atoms with van der Waals surface area (Å²) in [4.78, 5) is 29.3. The standard InChI is InChI=1S/C19H29N3O2S/c1-14(2)20-19(24)22-11-9-21(10-12-22)18(23)13-16-5-7-17(8-6-16)25-15(3)4/h5-8,14-15H,9-13H2,1-4H3,(H,20,24). The number of carbonyl (C=O) groups excluding carboxylic acids is 2. The van der Waals surface area contributed by atoms with E-state index in [0.29, 0.717) is 37.8 Å². The Hall–Kier alpha value is -1.69. The molecule has 1 heterocycles. The molecule has 1 aliphatic heterocycles. The predicted octanol–water partition coefficient (Wildman–Crippen LogP) is 2.99. The van der Waals surface area contributed by atoms with Crippen LogP contribution in [0.4, 0.5) is 4.79 Å². The lowest BCUT2D eigenvalue weighted by Gasteiger charge is -2.35. The molecule has 0 radical (unpaired) electrons. The molecule has 2 rings (SSSR count). The van der Waals surface area contributed by atoms with E-state index in [4.69, 9.17) is 0 Å². The van der Waals surface area contributed by atoms with Gasteiger partial charge in [-0.2, -0.15) is 0 Å². The Labute approximate surface area is 155 Å². The molecule has 0 atom stereocenters. The molecule has 1 aromatic rings. The van der Waals surface area contributed by atoms with Crippen LogP contribution >= 0.6 is 11.8 Å². The van der Waals surface area contributed by atoms with Crippen molar-refractivity contribution in [1.29, 1.82) is 0 Å². The Morgan fingerprint density at radius 2 is 1.56 bits per heavy atom. The molecule has 0 aromatic heterocycles. The predicted molar refractivity (Wildman–Crippen MR) is 103 cm³/mol. The number of carbonyl (C=O) groups is 2. The van der Waals surface area contributed by atoms with Gasteiger partial charge in [-0.3, -0.25) is 4.79 Å². The van der Waals surface area contributed by atoms with E-state index in [-0.39, 0.29) is 18.0 Å². The SMILES string of the molecule is CC(C)NC(=O)N1CCN(C(=O)Cc2ccc(SC(C)C)cc2)CC1. The minimum absolute atomic E-state index is 0.0414. The second-order valence-corrected chi connectivity index (χ2v) is 8.61. The summed E-state index contributed by atoms with van der Waals surface area (Å²) in [7, 11) is 0. The van der Waals surface area contributed by atoms with E-state index in [1.54, 1.807) is 4.90 Å². The van der Waals surface area contributed by atoms with Crippen LogP contribution < -0.4 is 5.32 Å². The van der Waals surface area contributed by atoms with Gasteiger partial charge in [0.25, 0.3) is 0 Å². The zero-order valence-electron chi connectivity index (χ0n) is 15.6. The first-order valence-corrected chi connectivity index (χ1v) is 9.82. The number of piperazine rings is 1. The van der Waals surface area contributed by atoms with Crippen molar-refractivity contribution >= 4 is 23.7 Å². The zero-order valence-corrected chi connectivity index (χ0v) is 16.4. The largest absolute Gasteiger partial charge is 0.339 e. The third-order valence-corrected chi connectivity index (χ3v) is 5.00. The summed E-state index contributed by atoms with van der Waals surface area (Å²) >= 11 is 1.82. The van der Waals surface area contributed by atoms with Gasteiger partial charge in [0.1, 0.15) is 0 Å². The lowest BCUT2D eigenvalue weighted by molar-refractivity contribution is -0.131. The molecule has 0 aliphatic carbocycles. The van der Waals surface area contributed by atoms with Gasteiger partial charge < -0.3 is 15.1 Å². The molecule has 1 aliphatic rings. The van der Waals surface area contributed by atoms with Crippen LogP contribution in [0, 0.1) is 0 Å². The maximum Gasteiger partial charge on any atom is 0.317 e. The minimum atomic E-state index is -0.0414. The van der Waals surface area contributed by atoms with E-state index < -0.39 is 0 Å². The van der Waals surface area contributed by atoms with Crippen LogP contribution in [0.5, 0.6) is 0 Å². The number of thioether (sulfide) groups is 1. The van der Waals surface area contributed by atoms with E-state index in [9.17, 15) is 9.59 Å². The first kappa shape index (κ1) is 19.6. The van der Waals surface area contributed by atoms with Gasteiger partial charge >= 0.3 is 6.03 Å². The Balaban J connectivity index is 1.81. The Bertz CT molecular complexity index is 579. The highest BCUT2D eigenvalue weighted by Crippen LogP contribution is 2.23. The molecule has 0 spiro atoms. The number of benzene rings is 1. The summed E-state index contributed by atoms with van der Waals surface area (Å²) in [5.74, 6) is 0.133.